The highest BCUT2D eigenvalue weighted by atomic mass is 16.2. The van der Waals surface area contributed by atoms with Crippen molar-refractivity contribution in [2.45, 2.75) is 32.6 Å². The highest BCUT2D eigenvalue weighted by Crippen LogP contribution is 2.08. The summed E-state index contributed by atoms with van der Waals surface area (Å²) in [6.07, 6.45) is 3.67. The van der Waals surface area contributed by atoms with E-state index in [1.807, 2.05) is 36.1 Å². The van der Waals surface area contributed by atoms with Crippen molar-refractivity contribution in [3.05, 3.63) is 35.4 Å². The molecule has 0 unspecified atom stereocenters. The normalized spacial score (nSPS) is 14.9. The second kappa shape index (κ2) is 7.08. The molecule has 0 aromatic heterocycles. The first kappa shape index (κ1) is 14.6. The summed E-state index contributed by atoms with van der Waals surface area (Å²) in [4.78, 5) is 25.6. The molecule has 1 N–H and O–H groups in total. The highest BCUT2D eigenvalue weighted by molar-refractivity contribution is 5.85. The number of carbonyl (C=O) groups is 2. The number of rotatable bonds is 4. The average molecular weight is 274 g/mol. The van der Waals surface area contributed by atoms with Gasteiger partial charge in [-0.2, -0.15) is 0 Å². The van der Waals surface area contributed by atoms with Gasteiger partial charge in [0.15, 0.2) is 0 Å². The lowest BCUT2D eigenvalue weighted by atomic mass is 10.1. The van der Waals surface area contributed by atoms with Gasteiger partial charge in [-0.05, 0) is 31.7 Å². The van der Waals surface area contributed by atoms with Gasteiger partial charge in [-0.3, -0.25) is 9.59 Å². The molecule has 1 aromatic rings. The molecule has 1 saturated heterocycles. The van der Waals surface area contributed by atoms with E-state index in [1.54, 1.807) is 0 Å². The van der Waals surface area contributed by atoms with E-state index >= 15 is 0 Å². The third-order valence-electron chi connectivity index (χ3n) is 3.63. The van der Waals surface area contributed by atoms with Gasteiger partial charge in [-0.15, -0.1) is 0 Å². The van der Waals surface area contributed by atoms with Crippen LogP contribution < -0.4 is 5.32 Å². The van der Waals surface area contributed by atoms with Crippen molar-refractivity contribution in [2.24, 2.45) is 0 Å². The Morgan fingerprint density at radius 2 is 1.75 bits per heavy atom. The standard InChI is InChI=1S/C16H22N2O2/c1-13-5-7-14(8-6-13)11-15(19)17-12-16(20)18-9-3-2-4-10-18/h5-8H,2-4,9-12H2,1H3,(H,17,19). The van der Waals surface area contributed by atoms with Crippen molar-refractivity contribution in [1.29, 1.82) is 0 Å². The summed E-state index contributed by atoms with van der Waals surface area (Å²) in [5.41, 5.74) is 2.15. The summed E-state index contributed by atoms with van der Waals surface area (Å²) < 4.78 is 0. The molecule has 0 radical (unpaired) electrons. The zero-order chi connectivity index (χ0) is 14.4. The van der Waals surface area contributed by atoms with Crippen LogP contribution >= 0.6 is 0 Å². The van der Waals surface area contributed by atoms with Gasteiger partial charge < -0.3 is 10.2 Å². The molecule has 1 heterocycles. The highest BCUT2D eigenvalue weighted by Gasteiger charge is 2.16. The maximum atomic E-state index is 11.9. The number of carbonyl (C=O) groups excluding carboxylic acids is 2. The van der Waals surface area contributed by atoms with Crippen LogP contribution in [0, 0.1) is 6.92 Å². The van der Waals surface area contributed by atoms with Crippen molar-refractivity contribution in [1.82, 2.24) is 10.2 Å². The Morgan fingerprint density at radius 1 is 1.10 bits per heavy atom. The second-order valence-corrected chi connectivity index (χ2v) is 5.38. The van der Waals surface area contributed by atoms with Gasteiger partial charge >= 0.3 is 0 Å². The lowest BCUT2D eigenvalue weighted by Crippen LogP contribution is -2.42. The number of nitrogens with one attached hydrogen (secondary N) is 1. The molecule has 0 spiro atoms. The van der Waals surface area contributed by atoms with E-state index in [0.717, 1.165) is 31.5 Å². The monoisotopic (exact) mass is 274 g/mol. The van der Waals surface area contributed by atoms with Crippen LogP contribution in [0.1, 0.15) is 30.4 Å². The van der Waals surface area contributed by atoms with E-state index in [2.05, 4.69) is 5.32 Å². The largest absolute Gasteiger partial charge is 0.347 e. The van der Waals surface area contributed by atoms with Crippen LogP contribution in [0.15, 0.2) is 24.3 Å². The first-order chi connectivity index (χ1) is 9.65. The Labute approximate surface area is 120 Å². The van der Waals surface area contributed by atoms with Gasteiger partial charge in [0.2, 0.25) is 11.8 Å². The molecule has 2 amide bonds. The number of hydrogen-bond acceptors (Lipinski definition) is 2. The van der Waals surface area contributed by atoms with Crippen LogP contribution in [0.25, 0.3) is 0 Å². The second-order valence-electron chi connectivity index (χ2n) is 5.38. The topological polar surface area (TPSA) is 49.4 Å². The molecule has 4 heteroatoms. The minimum atomic E-state index is -0.0980. The smallest absolute Gasteiger partial charge is 0.241 e. The molecule has 0 bridgehead atoms. The average Bonchev–Trinajstić information content (AvgIpc) is 2.48. The van der Waals surface area contributed by atoms with Gasteiger partial charge in [0, 0.05) is 13.1 Å². The third kappa shape index (κ3) is 4.37. The molecule has 1 fully saturated rings. The Morgan fingerprint density at radius 3 is 2.40 bits per heavy atom. The van der Waals surface area contributed by atoms with Crippen molar-refractivity contribution < 1.29 is 9.59 Å². The van der Waals surface area contributed by atoms with E-state index < -0.39 is 0 Å². The Balaban J connectivity index is 1.74. The van der Waals surface area contributed by atoms with Crippen LogP contribution in [-0.2, 0) is 16.0 Å². The van der Waals surface area contributed by atoms with Crippen molar-refractivity contribution in [3.8, 4) is 0 Å². The molecule has 1 aliphatic rings. The van der Waals surface area contributed by atoms with Crippen molar-refractivity contribution in [2.75, 3.05) is 19.6 Å². The molecule has 2 rings (SSSR count). The maximum Gasteiger partial charge on any atom is 0.241 e. The fraction of sp³-hybridized carbons (Fsp3) is 0.500. The van der Waals surface area contributed by atoms with Gasteiger partial charge in [-0.25, -0.2) is 0 Å². The number of piperidine rings is 1. The Hall–Kier alpha value is -1.84. The first-order valence-electron chi connectivity index (χ1n) is 7.25. The summed E-state index contributed by atoms with van der Waals surface area (Å²) in [6, 6.07) is 7.87. The summed E-state index contributed by atoms with van der Waals surface area (Å²) in [7, 11) is 0. The zero-order valence-electron chi connectivity index (χ0n) is 12.0. The van der Waals surface area contributed by atoms with E-state index in [1.165, 1.54) is 12.0 Å². The third-order valence-corrected chi connectivity index (χ3v) is 3.63. The molecular formula is C16H22N2O2. The predicted octanol–water partition coefficient (Wildman–Crippen LogP) is 1.67. The number of likely N-dealkylation sites (tertiary alicyclic amines) is 1. The fourth-order valence-electron chi connectivity index (χ4n) is 2.38. The Kier molecular flexibility index (Phi) is 5.16. The molecule has 1 aliphatic heterocycles. The van der Waals surface area contributed by atoms with Gasteiger partial charge in [-0.1, -0.05) is 29.8 Å². The van der Waals surface area contributed by atoms with Crippen LogP contribution in [0.4, 0.5) is 0 Å². The molecule has 4 nitrogen and oxygen atoms in total. The molecular weight excluding hydrogens is 252 g/mol. The predicted molar refractivity (Wildman–Crippen MR) is 78.3 cm³/mol. The fourth-order valence-corrected chi connectivity index (χ4v) is 2.38. The van der Waals surface area contributed by atoms with Crippen LogP contribution in [0.2, 0.25) is 0 Å². The number of amides is 2. The van der Waals surface area contributed by atoms with E-state index in [-0.39, 0.29) is 18.4 Å². The summed E-state index contributed by atoms with van der Waals surface area (Å²) in [5.74, 6) is -0.0684. The van der Waals surface area contributed by atoms with E-state index in [0.29, 0.717) is 6.42 Å². The minimum Gasteiger partial charge on any atom is -0.347 e. The summed E-state index contributed by atoms with van der Waals surface area (Å²) in [6.45, 7) is 3.78. The molecule has 1 aromatic carbocycles. The lowest BCUT2D eigenvalue weighted by Gasteiger charge is -2.26. The number of aryl methyl sites for hydroxylation is 1. The van der Waals surface area contributed by atoms with Crippen molar-refractivity contribution >= 4 is 11.8 Å². The molecule has 108 valence electrons. The van der Waals surface area contributed by atoms with Crippen LogP contribution in [-0.4, -0.2) is 36.3 Å². The van der Waals surface area contributed by atoms with Crippen molar-refractivity contribution in [3.63, 3.8) is 0 Å². The summed E-state index contributed by atoms with van der Waals surface area (Å²) in [5, 5.41) is 2.71. The SMILES string of the molecule is Cc1ccc(CC(=O)NCC(=O)N2CCCCC2)cc1. The lowest BCUT2D eigenvalue weighted by molar-refractivity contribution is -0.133. The maximum absolute atomic E-state index is 11.9. The zero-order valence-corrected chi connectivity index (χ0v) is 12.0. The number of hydrogen-bond donors (Lipinski definition) is 1. The minimum absolute atomic E-state index is 0.0296. The van der Waals surface area contributed by atoms with Gasteiger partial charge in [0.05, 0.1) is 13.0 Å². The quantitative estimate of drug-likeness (QED) is 0.908. The van der Waals surface area contributed by atoms with Crippen LogP contribution in [0.3, 0.4) is 0 Å². The molecule has 0 saturated carbocycles. The summed E-state index contributed by atoms with van der Waals surface area (Å²) >= 11 is 0. The first-order valence-corrected chi connectivity index (χ1v) is 7.25. The number of benzene rings is 1. The number of nitrogens with zero attached hydrogens (tertiary/aromatic N) is 1. The molecule has 20 heavy (non-hydrogen) atoms. The van der Waals surface area contributed by atoms with Gasteiger partial charge in [0.1, 0.15) is 0 Å². The molecule has 0 atom stereocenters. The van der Waals surface area contributed by atoms with Crippen LogP contribution in [0.5, 0.6) is 0 Å². The van der Waals surface area contributed by atoms with E-state index in [9.17, 15) is 9.59 Å². The van der Waals surface area contributed by atoms with E-state index in [4.69, 9.17) is 0 Å². The Bertz CT molecular complexity index is 462. The van der Waals surface area contributed by atoms with Gasteiger partial charge in [0.25, 0.3) is 0 Å². The molecule has 0 aliphatic carbocycles.